The molecule has 0 aliphatic carbocycles. The molecule has 0 radical (unpaired) electrons. The topological polar surface area (TPSA) is 76.1 Å². The number of amides is 1. The van der Waals surface area contributed by atoms with Gasteiger partial charge in [0.05, 0.1) is 14.2 Å². The molecule has 0 aromatic heterocycles. The van der Waals surface area contributed by atoms with Crippen LogP contribution in [0.4, 0.5) is 0 Å². The number of aromatic hydroxyl groups is 1. The zero-order valence-electron chi connectivity index (χ0n) is 14.3. The van der Waals surface area contributed by atoms with E-state index in [9.17, 15) is 14.7 Å². The van der Waals surface area contributed by atoms with Gasteiger partial charge in [-0.2, -0.15) is 0 Å². The van der Waals surface area contributed by atoms with Crippen LogP contribution in [0.5, 0.6) is 11.5 Å². The first-order chi connectivity index (χ1) is 11.5. The second kappa shape index (κ2) is 7.86. The number of nitrogens with zero attached hydrogens (tertiary/aromatic N) is 1. The number of phenolic OH excluding ortho intramolecular Hbond substituents is 1. The summed E-state index contributed by atoms with van der Waals surface area (Å²) >= 11 is 0. The number of carbonyl (C=O) groups is 2. The second-order valence-corrected chi connectivity index (χ2v) is 5.64. The predicted molar refractivity (Wildman–Crippen MR) is 90.1 cm³/mol. The molecular formula is C18H23NO5. The van der Waals surface area contributed by atoms with E-state index in [1.165, 1.54) is 20.3 Å². The van der Waals surface area contributed by atoms with E-state index in [0.717, 1.165) is 18.4 Å². The summed E-state index contributed by atoms with van der Waals surface area (Å²) in [5.41, 5.74) is 1.80. The van der Waals surface area contributed by atoms with Gasteiger partial charge in [0, 0.05) is 25.6 Å². The van der Waals surface area contributed by atoms with Gasteiger partial charge in [0.2, 0.25) is 5.91 Å². The molecule has 0 saturated carbocycles. The molecule has 1 aliphatic rings. The highest BCUT2D eigenvalue weighted by molar-refractivity contribution is 5.97. The Labute approximate surface area is 141 Å². The third kappa shape index (κ3) is 3.88. The first-order valence-electron chi connectivity index (χ1n) is 7.96. The fourth-order valence-corrected chi connectivity index (χ4v) is 2.81. The average molecular weight is 333 g/mol. The number of benzene rings is 1. The Kier molecular flexibility index (Phi) is 5.84. The largest absolute Gasteiger partial charge is 0.507 e. The van der Waals surface area contributed by atoms with E-state index in [-0.39, 0.29) is 17.2 Å². The van der Waals surface area contributed by atoms with E-state index >= 15 is 0 Å². The van der Waals surface area contributed by atoms with E-state index in [1.54, 1.807) is 6.07 Å². The molecule has 0 spiro atoms. The van der Waals surface area contributed by atoms with E-state index in [0.29, 0.717) is 30.8 Å². The van der Waals surface area contributed by atoms with E-state index in [2.05, 4.69) is 0 Å². The zero-order valence-corrected chi connectivity index (χ0v) is 14.3. The zero-order chi connectivity index (χ0) is 17.7. The van der Waals surface area contributed by atoms with Crippen molar-refractivity contribution < 1.29 is 24.2 Å². The first-order valence-corrected chi connectivity index (χ1v) is 7.96. The Hall–Kier alpha value is -2.50. The summed E-state index contributed by atoms with van der Waals surface area (Å²) < 4.78 is 9.92. The summed E-state index contributed by atoms with van der Waals surface area (Å²) in [6.45, 7) is 3.19. The molecule has 0 unspecified atom stereocenters. The second-order valence-electron chi connectivity index (χ2n) is 5.64. The Balaban J connectivity index is 2.30. The monoisotopic (exact) mass is 333 g/mol. The lowest BCUT2D eigenvalue weighted by molar-refractivity contribution is -0.131. The fraction of sp³-hybridized carbons (Fsp3) is 0.444. The molecule has 1 heterocycles. The molecule has 0 bridgehead atoms. The number of methoxy groups -OCH3 is 2. The maximum absolute atomic E-state index is 12.0. The van der Waals surface area contributed by atoms with Crippen molar-refractivity contribution in [1.82, 2.24) is 4.90 Å². The lowest BCUT2D eigenvalue weighted by Crippen LogP contribution is -2.35. The number of piperidine rings is 1. The highest BCUT2D eigenvalue weighted by Gasteiger charge is 2.21. The molecule has 1 amide bonds. The lowest BCUT2D eigenvalue weighted by atomic mass is 9.97. The van der Waals surface area contributed by atoms with Crippen LogP contribution in [-0.2, 0) is 9.53 Å². The summed E-state index contributed by atoms with van der Waals surface area (Å²) in [5.74, 6) is -0.152. The first kappa shape index (κ1) is 17.8. The van der Waals surface area contributed by atoms with Crippen molar-refractivity contribution in [1.29, 1.82) is 0 Å². The third-order valence-corrected chi connectivity index (χ3v) is 4.17. The van der Waals surface area contributed by atoms with Crippen molar-refractivity contribution in [2.45, 2.75) is 26.2 Å². The van der Waals surface area contributed by atoms with Crippen molar-refractivity contribution >= 4 is 18.0 Å². The van der Waals surface area contributed by atoms with Crippen LogP contribution < -0.4 is 4.74 Å². The van der Waals surface area contributed by atoms with Gasteiger partial charge >= 0.3 is 5.97 Å². The van der Waals surface area contributed by atoms with E-state index < -0.39 is 5.97 Å². The number of rotatable bonds is 4. The molecule has 2 rings (SSSR count). The minimum absolute atomic E-state index is 0.123. The number of esters is 1. The third-order valence-electron chi connectivity index (χ3n) is 4.17. The van der Waals surface area contributed by atoms with Crippen LogP contribution in [0.25, 0.3) is 6.08 Å². The number of hydrogen-bond donors (Lipinski definition) is 1. The smallest absolute Gasteiger partial charge is 0.342 e. The molecule has 1 aliphatic heterocycles. The van der Waals surface area contributed by atoms with Crippen LogP contribution in [0, 0.1) is 0 Å². The normalized spacial score (nSPS) is 14.3. The molecule has 6 heteroatoms. The van der Waals surface area contributed by atoms with Gasteiger partial charge in [0.25, 0.3) is 0 Å². The Bertz CT molecular complexity index is 656. The van der Waals surface area contributed by atoms with Gasteiger partial charge in [-0.3, -0.25) is 4.79 Å². The molecule has 24 heavy (non-hydrogen) atoms. The lowest BCUT2D eigenvalue weighted by Gasteiger charge is -2.28. The SMILES string of the molecule is CCC(=O)N1CCC(=Cc2cc(OC)cc(O)c2C(=O)OC)CC1. The molecule has 1 fully saturated rings. The van der Waals surface area contributed by atoms with Crippen molar-refractivity contribution in [2.75, 3.05) is 27.3 Å². The van der Waals surface area contributed by atoms with Crippen molar-refractivity contribution in [2.24, 2.45) is 0 Å². The molecule has 6 nitrogen and oxygen atoms in total. The minimum Gasteiger partial charge on any atom is -0.507 e. The molecule has 130 valence electrons. The van der Waals surface area contributed by atoms with E-state index in [4.69, 9.17) is 9.47 Å². The molecule has 1 saturated heterocycles. The highest BCUT2D eigenvalue weighted by atomic mass is 16.5. The van der Waals surface area contributed by atoms with Gasteiger partial charge in [0.1, 0.15) is 17.1 Å². The molecular weight excluding hydrogens is 310 g/mol. The number of ether oxygens (including phenoxy) is 2. The Morgan fingerprint density at radius 3 is 2.46 bits per heavy atom. The van der Waals surface area contributed by atoms with Crippen molar-refractivity contribution in [3.8, 4) is 11.5 Å². The number of carbonyl (C=O) groups excluding carboxylic acids is 2. The van der Waals surface area contributed by atoms with Crippen LogP contribution in [0.2, 0.25) is 0 Å². The molecule has 0 atom stereocenters. The van der Waals surface area contributed by atoms with Gasteiger partial charge in [0.15, 0.2) is 0 Å². The van der Waals surface area contributed by atoms with Gasteiger partial charge in [-0.1, -0.05) is 18.6 Å². The Morgan fingerprint density at radius 1 is 1.25 bits per heavy atom. The van der Waals surface area contributed by atoms with Crippen LogP contribution >= 0.6 is 0 Å². The molecule has 1 N–H and O–H groups in total. The van der Waals surface area contributed by atoms with Crippen LogP contribution in [0.15, 0.2) is 17.7 Å². The van der Waals surface area contributed by atoms with Crippen molar-refractivity contribution in [3.05, 3.63) is 28.8 Å². The van der Waals surface area contributed by atoms with Crippen LogP contribution in [0.3, 0.4) is 0 Å². The summed E-state index contributed by atoms with van der Waals surface area (Å²) in [5, 5.41) is 10.1. The van der Waals surface area contributed by atoms with Gasteiger partial charge in [-0.15, -0.1) is 0 Å². The highest BCUT2D eigenvalue weighted by Crippen LogP contribution is 2.31. The summed E-state index contributed by atoms with van der Waals surface area (Å²) in [6, 6.07) is 3.08. The molecule has 1 aromatic carbocycles. The van der Waals surface area contributed by atoms with Crippen LogP contribution in [-0.4, -0.2) is 49.2 Å². The number of hydrogen-bond acceptors (Lipinski definition) is 5. The number of phenols is 1. The maximum atomic E-state index is 12.0. The summed E-state index contributed by atoms with van der Waals surface area (Å²) in [6.07, 6.45) is 3.87. The van der Waals surface area contributed by atoms with Crippen LogP contribution in [0.1, 0.15) is 42.1 Å². The maximum Gasteiger partial charge on any atom is 0.342 e. The van der Waals surface area contributed by atoms with E-state index in [1.807, 2.05) is 17.9 Å². The fourth-order valence-electron chi connectivity index (χ4n) is 2.81. The summed E-state index contributed by atoms with van der Waals surface area (Å²) in [4.78, 5) is 25.6. The quantitative estimate of drug-likeness (QED) is 0.857. The standard InChI is InChI=1S/C18H23NO5/c1-4-16(21)19-7-5-12(6-8-19)9-13-10-14(23-2)11-15(20)17(13)18(22)24-3/h9-11,20H,4-8H2,1-3H3. The predicted octanol–water partition coefficient (Wildman–Crippen LogP) is 2.60. The minimum atomic E-state index is -0.597. The van der Waals surface area contributed by atoms with Gasteiger partial charge < -0.3 is 19.5 Å². The molecule has 1 aromatic rings. The average Bonchev–Trinajstić information content (AvgIpc) is 2.60. The Morgan fingerprint density at radius 2 is 1.92 bits per heavy atom. The van der Waals surface area contributed by atoms with Gasteiger partial charge in [-0.05, 0) is 24.5 Å². The van der Waals surface area contributed by atoms with Crippen molar-refractivity contribution in [3.63, 3.8) is 0 Å². The number of likely N-dealkylation sites (tertiary alicyclic amines) is 1. The summed E-state index contributed by atoms with van der Waals surface area (Å²) in [7, 11) is 2.77. The van der Waals surface area contributed by atoms with Gasteiger partial charge in [-0.25, -0.2) is 4.79 Å².